The molecule has 2 fully saturated rings. The number of carbonyl (C=O) groups is 2. The van der Waals surface area contributed by atoms with Crippen LogP contribution < -0.4 is 5.32 Å². The van der Waals surface area contributed by atoms with Crippen molar-refractivity contribution in [3.63, 3.8) is 0 Å². The van der Waals surface area contributed by atoms with Gasteiger partial charge in [0.1, 0.15) is 0 Å². The number of hydrogen-bond acceptors (Lipinski definition) is 2. The second-order valence-corrected chi connectivity index (χ2v) is 6.29. The fraction of sp³-hybridized carbons (Fsp3) is 0.529. The number of amides is 2. The van der Waals surface area contributed by atoms with Gasteiger partial charge in [0.25, 0.3) is 0 Å². The zero-order chi connectivity index (χ0) is 14.3. The van der Waals surface area contributed by atoms with Crippen molar-refractivity contribution in [3.8, 4) is 0 Å². The topological polar surface area (TPSA) is 46.2 Å². The Bertz CT molecular complexity index is 545. The van der Waals surface area contributed by atoms with E-state index in [-0.39, 0.29) is 23.1 Å². The van der Waals surface area contributed by atoms with Gasteiger partial charge in [-0.25, -0.2) is 0 Å². The standard InChI is InChI=1S/C17H21NO2/c1-3-17(13-8-9-13)10-14(19)18-16(20)15(17)12-6-4-11(2)5-7-12/h4-7,13,15H,3,8-10H2,1-2H3,(H,18,19,20). The van der Waals surface area contributed by atoms with Gasteiger partial charge in [-0.2, -0.15) is 0 Å². The summed E-state index contributed by atoms with van der Waals surface area (Å²) >= 11 is 0. The van der Waals surface area contributed by atoms with Gasteiger partial charge >= 0.3 is 0 Å². The van der Waals surface area contributed by atoms with Crippen LogP contribution in [0.4, 0.5) is 0 Å². The summed E-state index contributed by atoms with van der Waals surface area (Å²) in [7, 11) is 0. The first-order valence-corrected chi connectivity index (χ1v) is 7.47. The summed E-state index contributed by atoms with van der Waals surface area (Å²) in [4.78, 5) is 24.3. The number of carbonyl (C=O) groups excluding carboxylic acids is 2. The predicted octanol–water partition coefficient (Wildman–Crippen LogP) is 2.93. The zero-order valence-electron chi connectivity index (χ0n) is 12.1. The molecule has 0 radical (unpaired) electrons. The van der Waals surface area contributed by atoms with Crippen LogP contribution in [0.3, 0.4) is 0 Å². The lowest BCUT2D eigenvalue weighted by Gasteiger charge is -2.43. The van der Waals surface area contributed by atoms with Crippen LogP contribution in [0.25, 0.3) is 0 Å². The molecule has 2 unspecified atom stereocenters. The van der Waals surface area contributed by atoms with Gasteiger partial charge in [-0.1, -0.05) is 36.8 Å². The lowest BCUT2D eigenvalue weighted by Crippen LogP contribution is -2.51. The smallest absolute Gasteiger partial charge is 0.234 e. The maximum Gasteiger partial charge on any atom is 0.234 e. The Morgan fingerprint density at radius 1 is 1.20 bits per heavy atom. The SMILES string of the molecule is CCC1(C2CC2)CC(=O)NC(=O)C1c1ccc(C)cc1. The molecule has 3 heteroatoms. The van der Waals surface area contributed by atoms with Gasteiger partial charge in [0.15, 0.2) is 0 Å². The molecule has 3 rings (SSSR count). The summed E-state index contributed by atoms with van der Waals surface area (Å²) in [5.41, 5.74) is 2.07. The molecule has 0 bridgehead atoms. The van der Waals surface area contributed by atoms with Gasteiger partial charge < -0.3 is 0 Å². The minimum Gasteiger partial charge on any atom is -0.296 e. The van der Waals surface area contributed by atoms with Crippen LogP contribution in [0.1, 0.15) is 49.7 Å². The van der Waals surface area contributed by atoms with Gasteiger partial charge in [-0.05, 0) is 43.1 Å². The molecular formula is C17H21NO2. The maximum atomic E-state index is 12.5. The molecule has 1 aromatic carbocycles. The molecule has 0 aromatic heterocycles. The first-order chi connectivity index (χ1) is 9.56. The van der Waals surface area contributed by atoms with Crippen LogP contribution in [0.15, 0.2) is 24.3 Å². The number of rotatable bonds is 3. The average Bonchev–Trinajstić information content (AvgIpc) is 3.24. The van der Waals surface area contributed by atoms with Gasteiger partial charge in [0, 0.05) is 6.42 Å². The van der Waals surface area contributed by atoms with Crippen molar-refractivity contribution >= 4 is 11.8 Å². The van der Waals surface area contributed by atoms with Crippen LogP contribution in [-0.2, 0) is 9.59 Å². The second kappa shape index (κ2) is 4.72. The van der Waals surface area contributed by atoms with E-state index >= 15 is 0 Å². The molecule has 106 valence electrons. The van der Waals surface area contributed by atoms with Crippen molar-refractivity contribution in [3.05, 3.63) is 35.4 Å². The number of hydrogen-bond donors (Lipinski definition) is 1. The Morgan fingerprint density at radius 2 is 1.85 bits per heavy atom. The summed E-state index contributed by atoms with van der Waals surface area (Å²) in [6.45, 7) is 4.16. The molecule has 20 heavy (non-hydrogen) atoms. The largest absolute Gasteiger partial charge is 0.296 e. The first-order valence-electron chi connectivity index (χ1n) is 7.47. The van der Waals surface area contributed by atoms with Crippen LogP contribution in [0.5, 0.6) is 0 Å². The number of imide groups is 1. The van der Waals surface area contributed by atoms with Crippen LogP contribution in [-0.4, -0.2) is 11.8 Å². The summed E-state index contributed by atoms with van der Waals surface area (Å²) in [6, 6.07) is 8.18. The van der Waals surface area contributed by atoms with Crippen molar-refractivity contribution in [2.75, 3.05) is 0 Å². The van der Waals surface area contributed by atoms with Crippen molar-refractivity contribution in [1.82, 2.24) is 5.32 Å². The highest BCUT2D eigenvalue weighted by molar-refractivity contribution is 6.02. The molecule has 3 nitrogen and oxygen atoms in total. The highest BCUT2D eigenvalue weighted by Crippen LogP contribution is 2.58. The van der Waals surface area contributed by atoms with Crippen molar-refractivity contribution in [2.45, 2.75) is 45.4 Å². The molecule has 2 aliphatic rings. The first kappa shape index (κ1) is 13.3. The molecule has 2 atom stereocenters. The Kier molecular flexibility index (Phi) is 3.15. The Morgan fingerprint density at radius 3 is 2.40 bits per heavy atom. The van der Waals surface area contributed by atoms with E-state index in [1.54, 1.807) is 0 Å². The molecule has 1 heterocycles. The minimum absolute atomic E-state index is 0.105. The Labute approximate surface area is 119 Å². The fourth-order valence-corrected chi connectivity index (χ4v) is 3.81. The highest BCUT2D eigenvalue weighted by Gasteiger charge is 2.55. The van der Waals surface area contributed by atoms with Gasteiger partial charge in [0.05, 0.1) is 5.92 Å². The predicted molar refractivity (Wildman–Crippen MR) is 77.1 cm³/mol. The number of aryl methyl sites for hydroxylation is 1. The van der Waals surface area contributed by atoms with E-state index in [1.807, 2.05) is 31.2 Å². The van der Waals surface area contributed by atoms with Crippen LogP contribution >= 0.6 is 0 Å². The minimum atomic E-state index is -0.182. The van der Waals surface area contributed by atoms with Gasteiger partial charge in [-0.15, -0.1) is 0 Å². The lowest BCUT2D eigenvalue weighted by atomic mass is 9.62. The summed E-state index contributed by atoms with van der Waals surface area (Å²) in [5.74, 6) is 0.123. The third-order valence-electron chi connectivity index (χ3n) is 5.05. The molecule has 1 aliphatic heterocycles. The van der Waals surface area contributed by atoms with Gasteiger partial charge in [-0.3, -0.25) is 14.9 Å². The number of piperidine rings is 1. The summed E-state index contributed by atoms with van der Waals surface area (Å²) in [5, 5.41) is 2.54. The van der Waals surface area contributed by atoms with E-state index in [2.05, 4.69) is 12.2 Å². The molecule has 1 N–H and O–H groups in total. The quantitative estimate of drug-likeness (QED) is 0.859. The molecule has 2 amide bonds. The van der Waals surface area contributed by atoms with Gasteiger partial charge in [0.2, 0.25) is 11.8 Å². The maximum absolute atomic E-state index is 12.5. The van der Waals surface area contributed by atoms with Crippen LogP contribution in [0, 0.1) is 18.3 Å². The lowest BCUT2D eigenvalue weighted by molar-refractivity contribution is -0.141. The van der Waals surface area contributed by atoms with E-state index in [4.69, 9.17) is 0 Å². The van der Waals surface area contributed by atoms with Crippen molar-refractivity contribution in [1.29, 1.82) is 0 Å². The third kappa shape index (κ3) is 2.05. The summed E-state index contributed by atoms with van der Waals surface area (Å²) in [6.07, 6.45) is 3.67. The van der Waals surface area contributed by atoms with E-state index < -0.39 is 0 Å². The molecular weight excluding hydrogens is 250 g/mol. The Hall–Kier alpha value is -1.64. The Balaban J connectivity index is 2.05. The normalized spacial score (nSPS) is 30.2. The molecule has 1 aliphatic carbocycles. The molecule has 1 saturated carbocycles. The highest BCUT2D eigenvalue weighted by atomic mass is 16.2. The monoisotopic (exact) mass is 271 g/mol. The summed E-state index contributed by atoms with van der Waals surface area (Å²) < 4.78 is 0. The van der Waals surface area contributed by atoms with Crippen molar-refractivity contribution in [2.24, 2.45) is 11.3 Å². The second-order valence-electron chi connectivity index (χ2n) is 6.29. The number of benzene rings is 1. The molecule has 0 spiro atoms. The average molecular weight is 271 g/mol. The fourth-order valence-electron chi connectivity index (χ4n) is 3.81. The van der Waals surface area contributed by atoms with E-state index in [1.165, 1.54) is 5.56 Å². The number of nitrogens with one attached hydrogen (secondary N) is 1. The molecule has 1 saturated heterocycles. The van der Waals surface area contributed by atoms with E-state index in [0.717, 1.165) is 24.8 Å². The van der Waals surface area contributed by atoms with E-state index in [0.29, 0.717) is 12.3 Å². The van der Waals surface area contributed by atoms with Crippen LogP contribution in [0.2, 0.25) is 0 Å². The van der Waals surface area contributed by atoms with E-state index in [9.17, 15) is 9.59 Å². The zero-order valence-corrected chi connectivity index (χ0v) is 12.1. The molecule has 1 aromatic rings. The van der Waals surface area contributed by atoms with Crippen molar-refractivity contribution < 1.29 is 9.59 Å². The third-order valence-corrected chi connectivity index (χ3v) is 5.05.